The van der Waals surface area contributed by atoms with Gasteiger partial charge >= 0.3 is 0 Å². The van der Waals surface area contributed by atoms with Crippen molar-refractivity contribution in [2.75, 3.05) is 25.2 Å². The highest BCUT2D eigenvalue weighted by molar-refractivity contribution is 7.80. The fourth-order valence-corrected chi connectivity index (χ4v) is 2.01. The molecule has 1 aromatic carbocycles. The first-order chi connectivity index (χ1) is 9.01. The zero-order chi connectivity index (χ0) is 14.4. The summed E-state index contributed by atoms with van der Waals surface area (Å²) in [4.78, 5) is 2.21. The molecule has 1 atom stereocenters. The fourth-order valence-electron chi connectivity index (χ4n) is 1.88. The van der Waals surface area contributed by atoms with Gasteiger partial charge in [-0.25, -0.2) is 4.39 Å². The minimum Gasteiger partial charge on any atom is -0.389 e. The molecule has 3 nitrogen and oxygen atoms in total. The molecular formula is C14H21FN2OS. The van der Waals surface area contributed by atoms with Crippen LogP contribution in [0.3, 0.4) is 0 Å². The lowest BCUT2D eigenvalue weighted by Crippen LogP contribution is -2.36. The predicted octanol–water partition coefficient (Wildman–Crippen LogP) is 2.71. The number of hydrogen-bond acceptors (Lipinski definition) is 3. The monoisotopic (exact) mass is 284 g/mol. The first-order valence-electron chi connectivity index (χ1n) is 6.36. The van der Waals surface area contributed by atoms with Crippen LogP contribution in [0.4, 0.5) is 10.1 Å². The summed E-state index contributed by atoms with van der Waals surface area (Å²) in [7, 11) is 1.64. The van der Waals surface area contributed by atoms with E-state index in [1.165, 1.54) is 6.07 Å². The van der Waals surface area contributed by atoms with E-state index in [1.807, 2.05) is 4.90 Å². The fraction of sp³-hybridized carbons (Fsp3) is 0.500. The van der Waals surface area contributed by atoms with Gasteiger partial charge in [0.15, 0.2) is 0 Å². The molecule has 0 aliphatic heterocycles. The van der Waals surface area contributed by atoms with Gasteiger partial charge in [0.1, 0.15) is 10.8 Å². The number of hydrogen-bond donors (Lipinski definition) is 1. The van der Waals surface area contributed by atoms with Gasteiger partial charge in [0.25, 0.3) is 0 Å². The first-order valence-corrected chi connectivity index (χ1v) is 6.77. The Morgan fingerprint density at radius 2 is 2.21 bits per heavy atom. The lowest BCUT2D eigenvalue weighted by molar-refractivity contribution is 0.203. The Hall–Kier alpha value is -1.20. The summed E-state index contributed by atoms with van der Waals surface area (Å²) in [6, 6.07) is 5.11. The number of nitrogens with two attached hydrogens (primary N) is 1. The van der Waals surface area contributed by atoms with Crippen LogP contribution in [0.25, 0.3) is 0 Å². The average molecular weight is 284 g/mol. The predicted molar refractivity (Wildman–Crippen MR) is 81.3 cm³/mol. The smallest absolute Gasteiger partial charge is 0.147 e. The van der Waals surface area contributed by atoms with Crippen molar-refractivity contribution in [3.8, 4) is 0 Å². The van der Waals surface area contributed by atoms with E-state index in [4.69, 9.17) is 22.7 Å². The molecule has 0 fully saturated rings. The Labute approximate surface area is 119 Å². The molecule has 0 amide bonds. The van der Waals surface area contributed by atoms with Crippen LogP contribution in [0.5, 0.6) is 0 Å². The van der Waals surface area contributed by atoms with E-state index in [9.17, 15) is 4.39 Å². The second-order valence-electron chi connectivity index (χ2n) is 4.47. The highest BCUT2D eigenvalue weighted by atomic mass is 32.1. The van der Waals surface area contributed by atoms with Crippen molar-refractivity contribution in [2.24, 2.45) is 5.73 Å². The van der Waals surface area contributed by atoms with Crippen molar-refractivity contribution in [3.05, 3.63) is 29.6 Å². The van der Waals surface area contributed by atoms with Crippen molar-refractivity contribution in [1.29, 1.82) is 0 Å². The number of thiocarbonyl (C=S) groups is 1. The summed E-state index contributed by atoms with van der Waals surface area (Å²) in [5, 5.41) is 0. The van der Waals surface area contributed by atoms with Crippen molar-refractivity contribution in [3.63, 3.8) is 0 Å². The van der Waals surface area contributed by atoms with E-state index in [2.05, 4.69) is 13.8 Å². The molecule has 0 aromatic heterocycles. The average Bonchev–Trinajstić information content (AvgIpc) is 2.39. The molecule has 0 heterocycles. The van der Waals surface area contributed by atoms with E-state index >= 15 is 0 Å². The van der Waals surface area contributed by atoms with Crippen LogP contribution in [0, 0.1) is 5.82 Å². The lowest BCUT2D eigenvalue weighted by atomic mass is 10.1. The Kier molecular flexibility index (Phi) is 6.18. The first kappa shape index (κ1) is 15.9. The largest absolute Gasteiger partial charge is 0.389 e. The normalized spacial score (nSPS) is 12.2. The van der Waals surface area contributed by atoms with Gasteiger partial charge in [0.05, 0.1) is 12.3 Å². The van der Waals surface area contributed by atoms with Crippen molar-refractivity contribution in [2.45, 2.75) is 26.3 Å². The van der Waals surface area contributed by atoms with Crippen molar-refractivity contribution < 1.29 is 9.13 Å². The molecule has 0 saturated carbocycles. The van der Waals surface area contributed by atoms with Gasteiger partial charge in [0.2, 0.25) is 0 Å². The van der Waals surface area contributed by atoms with Crippen LogP contribution in [-0.4, -0.2) is 31.3 Å². The Morgan fingerprint density at radius 1 is 1.53 bits per heavy atom. The molecular weight excluding hydrogens is 263 g/mol. The minimum atomic E-state index is -0.304. The van der Waals surface area contributed by atoms with Crippen molar-refractivity contribution in [1.82, 2.24) is 0 Å². The summed E-state index contributed by atoms with van der Waals surface area (Å²) in [6.07, 6.45) is 0.931. The van der Waals surface area contributed by atoms with E-state index in [0.717, 1.165) is 6.42 Å². The number of anilines is 1. The maximum absolute atomic E-state index is 14.2. The van der Waals surface area contributed by atoms with Gasteiger partial charge in [-0.05, 0) is 31.5 Å². The molecule has 19 heavy (non-hydrogen) atoms. The third-order valence-electron chi connectivity index (χ3n) is 3.20. The summed E-state index contributed by atoms with van der Waals surface area (Å²) >= 11 is 4.85. The topological polar surface area (TPSA) is 38.5 Å². The molecule has 0 radical (unpaired) electrons. The maximum Gasteiger partial charge on any atom is 0.147 e. The van der Waals surface area contributed by atoms with Gasteiger partial charge in [0, 0.05) is 25.3 Å². The Bertz CT molecular complexity index is 439. The molecule has 5 heteroatoms. The van der Waals surface area contributed by atoms with E-state index in [0.29, 0.717) is 24.4 Å². The zero-order valence-electron chi connectivity index (χ0n) is 11.6. The molecule has 0 spiro atoms. The number of halogens is 1. The molecule has 2 N–H and O–H groups in total. The third-order valence-corrected chi connectivity index (χ3v) is 3.44. The van der Waals surface area contributed by atoms with E-state index < -0.39 is 0 Å². The van der Waals surface area contributed by atoms with Crippen LogP contribution in [0.15, 0.2) is 18.2 Å². The Morgan fingerprint density at radius 3 is 2.68 bits per heavy atom. The molecule has 1 rings (SSSR count). The van der Waals surface area contributed by atoms with Crippen LogP contribution in [-0.2, 0) is 4.74 Å². The molecule has 0 saturated heterocycles. The number of methoxy groups -OCH3 is 1. The Balaban J connectivity index is 3.04. The summed E-state index contributed by atoms with van der Waals surface area (Å²) in [6.45, 7) is 5.35. The number of benzene rings is 1. The highest BCUT2D eigenvalue weighted by Gasteiger charge is 2.17. The standard InChI is InChI=1S/C14H21FN2OS/c1-4-10(2)17(7-8-18-3)13-6-5-11(14(16)19)9-12(13)15/h5-6,9-10H,4,7-8H2,1-3H3,(H2,16,19). The van der Waals surface area contributed by atoms with Gasteiger partial charge in [-0.2, -0.15) is 0 Å². The van der Waals surface area contributed by atoms with Crippen LogP contribution < -0.4 is 10.6 Å². The molecule has 106 valence electrons. The molecule has 1 aromatic rings. The minimum absolute atomic E-state index is 0.206. The molecule has 0 bridgehead atoms. The van der Waals surface area contributed by atoms with Gasteiger partial charge in [-0.3, -0.25) is 0 Å². The second-order valence-corrected chi connectivity index (χ2v) is 4.91. The SMILES string of the molecule is CCC(C)N(CCOC)c1ccc(C(N)=S)cc1F. The van der Waals surface area contributed by atoms with E-state index in [1.54, 1.807) is 19.2 Å². The maximum atomic E-state index is 14.2. The number of nitrogens with zero attached hydrogens (tertiary/aromatic N) is 1. The summed E-state index contributed by atoms with van der Waals surface area (Å²) < 4.78 is 19.3. The van der Waals surface area contributed by atoms with Gasteiger partial charge in [-0.1, -0.05) is 19.1 Å². The van der Waals surface area contributed by atoms with Gasteiger partial charge in [-0.15, -0.1) is 0 Å². The van der Waals surface area contributed by atoms with E-state index in [-0.39, 0.29) is 16.8 Å². The third kappa shape index (κ3) is 4.14. The second kappa shape index (κ2) is 7.40. The summed E-state index contributed by atoms with van der Waals surface area (Å²) in [5.74, 6) is -0.304. The van der Waals surface area contributed by atoms with Crippen molar-refractivity contribution >= 4 is 22.9 Å². The number of rotatable bonds is 7. The van der Waals surface area contributed by atoms with Crippen LogP contribution >= 0.6 is 12.2 Å². The molecule has 0 aliphatic rings. The van der Waals surface area contributed by atoms with Gasteiger partial charge < -0.3 is 15.4 Å². The molecule has 0 aliphatic carbocycles. The van der Waals surface area contributed by atoms with Crippen LogP contribution in [0.1, 0.15) is 25.8 Å². The quantitative estimate of drug-likeness (QED) is 0.781. The summed E-state index contributed by atoms with van der Waals surface area (Å²) in [5.41, 5.74) is 6.62. The lowest BCUT2D eigenvalue weighted by Gasteiger charge is -2.31. The zero-order valence-corrected chi connectivity index (χ0v) is 12.5. The highest BCUT2D eigenvalue weighted by Crippen LogP contribution is 2.23. The molecule has 1 unspecified atom stereocenters. The number of ether oxygens (including phenoxy) is 1. The van der Waals surface area contributed by atoms with Crippen LogP contribution in [0.2, 0.25) is 0 Å².